The number of hydrogen-bond acceptors (Lipinski definition) is 4. The SMILES string of the molecule is Cc1cc(/C=C(/C#N)C(=O)Nc2cccc(OC(C)C)c2)c(C)n1-c1cccc(C(=O)O)c1. The monoisotopic (exact) mass is 443 g/mol. The average molecular weight is 444 g/mol. The lowest BCUT2D eigenvalue weighted by atomic mass is 10.1. The molecule has 3 rings (SSSR count). The maximum Gasteiger partial charge on any atom is 0.335 e. The Hall–Kier alpha value is -4.31. The van der Waals surface area contributed by atoms with Gasteiger partial charge in [0.25, 0.3) is 5.91 Å². The van der Waals surface area contributed by atoms with Gasteiger partial charge in [-0.05, 0) is 75.7 Å². The highest BCUT2D eigenvalue weighted by Crippen LogP contribution is 2.24. The number of aryl methyl sites for hydroxylation is 1. The quantitative estimate of drug-likeness (QED) is 0.389. The Balaban J connectivity index is 1.90. The zero-order chi connectivity index (χ0) is 24.1. The fourth-order valence-corrected chi connectivity index (χ4v) is 3.53. The van der Waals surface area contributed by atoms with E-state index in [-0.39, 0.29) is 17.2 Å². The topological polar surface area (TPSA) is 104 Å². The highest BCUT2D eigenvalue weighted by molar-refractivity contribution is 6.09. The van der Waals surface area contributed by atoms with Crippen LogP contribution in [0.5, 0.6) is 5.75 Å². The van der Waals surface area contributed by atoms with Gasteiger partial charge in [0, 0.05) is 28.8 Å². The number of carbonyl (C=O) groups excluding carboxylic acids is 1. The fraction of sp³-hybridized carbons (Fsp3) is 0.192. The number of anilines is 1. The van der Waals surface area contributed by atoms with Gasteiger partial charge in [-0.25, -0.2) is 4.79 Å². The van der Waals surface area contributed by atoms with Crippen molar-refractivity contribution in [3.05, 3.63) is 82.7 Å². The molecule has 7 heteroatoms. The molecular formula is C26H25N3O4. The molecule has 0 atom stereocenters. The van der Waals surface area contributed by atoms with E-state index in [1.807, 2.05) is 50.5 Å². The molecule has 1 aromatic heterocycles. The number of nitrogens with zero attached hydrogens (tertiary/aromatic N) is 2. The number of carboxylic acids is 1. The summed E-state index contributed by atoms with van der Waals surface area (Å²) in [5.41, 5.74) is 3.66. The van der Waals surface area contributed by atoms with Crippen LogP contribution in [-0.4, -0.2) is 27.7 Å². The van der Waals surface area contributed by atoms with E-state index in [2.05, 4.69) is 5.32 Å². The minimum absolute atomic E-state index is 0.00281. The van der Waals surface area contributed by atoms with Crippen molar-refractivity contribution in [3.63, 3.8) is 0 Å². The molecule has 0 fully saturated rings. The van der Waals surface area contributed by atoms with E-state index >= 15 is 0 Å². The van der Waals surface area contributed by atoms with Gasteiger partial charge in [0.2, 0.25) is 0 Å². The number of ether oxygens (including phenoxy) is 1. The van der Waals surface area contributed by atoms with Crippen LogP contribution in [0.25, 0.3) is 11.8 Å². The van der Waals surface area contributed by atoms with Crippen molar-refractivity contribution < 1.29 is 19.4 Å². The first-order valence-corrected chi connectivity index (χ1v) is 10.4. The van der Waals surface area contributed by atoms with E-state index in [0.717, 1.165) is 11.4 Å². The highest BCUT2D eigenvalue weighted by atomic mass is 16.5. The van der Waals surface area contributed by atoms with Gasteiger partial charge in [0.15, 0.2) is 0 Å². The van der Waals surface area contributed by atoms with Crippen LogP contribution in [0.4, 0.5) is 5.69 Å². The Morgan fingerprint density at radius 3 is 2.52 bits per heavy atom. The van der Waals surface area contributed by atoms with E-state index in [1.165, 1.54) is 12.1 Å². The van der Waals surface area contributed by atoms with Crippen LogP contribution in [0.3, 0.4) is 0 Å². The van der Waals surface area contributed by atoms with Crippen molar-refractivity contribution in [2.45, 2.75) is 33.8 Å². The molecule has 33 heavy (non-hydrogen) atoms. The molecule has 2 aromatic carbocycles. The minimum Gasteiger partial charge on any atom is -0.491 e. The Labute approximate surface area is 192 Å². The second-order valence-corrected chi connectivity index (χ2v) is 7.84. The maximum absolute atomic E-state index is 12.8. The van der Waals surface area contributed by atoms with Gasteiger partial charge in [-0.2, -0.15) is 5.26 Å². The van der Waals surface area contributed by atoms with Gasteiger partial charge < -0.3 is 19.7 Å². The number of rotatable bonds is 7. The lowest BCUT2D eigenvalue weighted by Crippen LogP contribution is -2.14. The van der Waals surface area contributed by atoms with Crippen LogP contribution >= 0.6 is 0 Å². The van der Waals surface area contributed by atoms with E-state index in [0.29, 0.717) is 22.7 Å². The van der Waals surface area contributed by atoms with E-state index in [4.69, 9.17) is 4.74 Å². The van der Waals surface area contributed by atoms with Gasteiger partial charge in [-0.3, -0.25) is 4.79 Å². The normalized spacial score (nSPS) is 11.2. The molecule has 0 aliphatic rings. The predicted molar refractivity (Wildman–Crippen MR) is 127 cm³/mol. The molecule has 2 N–H and O–H groups in total. The maximum atomic E-state index is 12.8. The Morgan fingerprint density at radius 2 is 1.85 bits per heavy atom. The van der Waals surface area contributed by atoms with Crippen molar-refractivity contribution in [2.24, 2.45) is 0 Å². The molecule has 1 amide bonds. The molecule has 0 radical (unpaired) electrons. The third-order valence-electron chi connectivity index (χ3n) is 4.95. The number of amides is 1. The molecule has 3 aromatic rings. The first kappa shape index (κ1) is 23.4. The fourth-order valence-electron chi connectivity index (χ4n) is 3.53. The molecule has 0 bridgehead atoms. The summed E-state index contributed by atoms with van der Waals surface area (Å²) < 4.78 is 7.53. The molecule has 0 aliphatic heterocycles. The second kappa shape index (κ2) is 9.88. The number of benzene rings is 2. The molecule has 0 spiro atoms. The van der Waals surface area contributed by atoms with Crippen LogP contribution in [-0.2, 0) is 4.79 Å². The van der Waals surface area contributed by atoms with Crippen molar-refractivity contribution in [2.75, 3.05) is 5.32 Å². The largest absolute Gasteiger partial charge is 0.491 e. The Morgan fingerprint density at radius 1 is 1.12 bits per heavy atom. The molecule has 168 valence electrons. The van der Waals surface area contributed by atoms with Gasteiger partial charge in [-0.1, -0.05) is 12.1 Å². The first-order chi connectivity index (χ1) is 15.7. The molecule has 0 unspecified atom stereocenters. The van der Waals surface area contributed by atoms with Crippen LogP contribution in [0.2, 0.25) is 0 Å². The number of nitriles is 1. The third kappa shape index (κ3) is 5.49. The molecular weight excluding hydrogens is 418 g/mol. The smallest absolute Gasteiger partial charge is 0.335 e. The highest BCUT2D eigenvalue weighted by Gasteiger charge is 2.15. The summed E-state index contributed by atoms with van der Waals surface area (Å²) in [7, 11) is 0. The number of aromatic nitrogens is 1. The van der Waals surface area contributed by atoms with Gasteiger partial charge >= 0.3 is 5.97 Å². The third-order valence-corrected chi connectivity index (χ3v) is 4.95. The lowest BCUT2D eigenvalue weighted by Gasteiger charge is -2.11. The van der Waals surface area contributed by atoms with Crippen LogP contribution < -0.4 is 10.1 Å². The van der Waals surface area contributed by atoms with Gasteiger partial charge in [0.1, 0.15) is 17.4 Å². The number of carbonyl (C=O) groups is 2. The van der Waals surface area contributed by atoms with Gasteiger partial charge in [0.05, 0.1) is 11.7 Å². The number of nitrogens with one attached hydrogen (secondary N) is 1. The van der Waals surface area contributed by atoms with E-state index in [9.17, 15) is 20.0 Å². The van der Waals surface area contributed by atoms with Crippen molar-refractivity contribution in [3.8, 4) is 17.5 Å². The van der Waals surface area contributed by atoms with Crippen molar-refractivity contribution in [1.82, 2.24) is 4.57 Å². The van der Waals surface area contributed by atoms with E-state index in [1.54, 1.807) is 36.4 Å². The molecule has 0 aliphatic carbocycles. The van der Waals surface area contributed by atoms with Crippen molar-refractivity contribution >= 4 is 23.6 Å². The second-order valence-electron chi connectivity index (χ2n) is 7.84. The van der Waals surface area contributed by atoms with Crippen LogP contribution in [0, 0.1) is 25.2 Å². The number of carboxylic acid groups (broad SMARTS) is 1. The number of hydrogen-bond donors (Lipinski definition) is 2. The molecule has 1 heterocycles. The summed E-state index contributed by atoms with van der Waals surface area (Å²) in [5.74, 6) is -0.917. The predicted octanol–water partition coefficient (Wildman–Crippen LogP) is 5.13. The number of aromatic carboxylic acids is 1. The summed E-state index contributed by atoms with van der Waals surface area (Å²) in [6.45, 7) is 7.56. The van der Waals surface area contributed by atoms with Crippen molar-refractivity contribution in [1.29, 1.82) is 5.26 Å². The minimum atomic E-state index is -1.01. The molecule has 7 nitrogen and oxygen atoms in total. The summed E-state index contributed by atoms with van der Waals surface area (Å²) in [6.07, 6.45) is 1.53. The Bertz CT molecular complexity index is 1280. The van der Waals surface area contributed by atoms with E-state index < -0.39 is 11.9 Å². The summed E-state index contributed by atoms with van der Waals surface area (Å²) in [4.78, 5) is 24.1. The van der Waals surface area contributed by atoms with Gasteiger partial charge in [-0.15, -0.1) is 0 Å². The standard InChI is InChI=1S/C26H25N3O4/c1-16(2)33-24-10-6-8-22(14-24)28-25(30)21(15-27)12-20-11-17(3)29(18(20)4)23-9-5-7-19(13-23)26(31)32/h5-14,16H,1-4H3,(H,28,30)(H,31,32)/b21-12-. The summed E-state index contributed by atoms with van der Waals surface area (Å²) in [6, 6.07) is 17.4. The van der Waals surface area contributed by atoms with Crippen LogP contribution in [0.1, 0.15) is 41.2 Å². The first-order valence-electron chi connectivity index (χ1n) is 10.4. The summed E-state index contributed by atoms with van der Waals surface area (Å²) >= 11 is 0. The zero-order valence-corrected chi connectivity index (χ0v) is 18.9. The summed E-state index contributed by atoms with van der Waals surface area (Å²) in [5, 5.41) is 21.6. The zero-order valence-electron chi connectivity index (χ0n) is 18.9. The lowest BCUT2D eigenvalue weighted by molar-refractivity contribution is -0.112. The average Bonchev–Trinajstić information content (AvgIpc) is 3.04. The van der Waals surface area contributed by atoms with Crippen LogP contribution in [0.15, 0.2) is 60.2 Å². The Kier molecular flexibility index (Phi) is 6.99. The molecule has 0 saturated carbocycles. The molecule has 0 saturated heterocycles.